The molecule has 1 aromatic carbocycles. The van der Waals surface area contributed by atoms with Crippen LogP contribution in [0.3, 0.4) is 0 Å². The summed E-state index contributed by atoms with van der Waals surface area (Å²) in [6.45, 7) is 7.52. The minimum atomic E-state index is -0.989. The van der Waals surface area contributed by atoms with Crippen molar-refractivity contribution in [2.75, 3.05) is 32.0 Å². The number of nitrogens with zero attached hydrogens (tertiary/aromatic N) is 1. The van der Waals surface area contributed by atoms with Gasteiger partial charge in [0.05, 0.1) is 11.3 Å². The van der Waals surface area contributed by atoms with E-state index in [0.717, 1.165) is 19.6 Å². The number of benzene rings is 1. The lowest BCUT2D eigenvalue weighted by molar-refractivity contribution is 0.0697. The zero-order valence-corrected chi connectivity index (χ0v) is 10.8. The van der Waals surface area contributed by atoms with Gasteiger partial charge in [0.15, 0.2) is 0 Å². The molecule has 0 heterocycles. The van der Waals surface area contributed by atoms with Crippen LogP contribution in [0.2, 0.25) is 0 Å². The number of carboxylic acids is 1. The molecule has 1 rings (SSSR count). The van der Waals surface area contributed by atoms with Gasteiger partial charge in [-0.05, 0) is 31.3 Å². The molecule has 0 fully saturated rings. The van der Waals surface area contributed by atoms with Crippen LogP contribution in [0.5, 0.6) is 5.75 Å². The molecule has 0 amide bonds. The van der Waals surface area contributed by atoms with Crippen LogP contribution < -0.4 is 10.5 Å². The van der Waals surface area contributed by atoms with Crippen molar-refractivity contribution in [3.8, 4) is 5.75 Å². The number of ether oxygens (including phenoxy) is 1. The van der Waals surface area contributed by atoms with Gasteiger partial charge in [0.25, 0.3) is 0 Å². The normalized spacial score (nSPS) is 10.6. The maximum Gasteiger partial charge on any atom is 0.335 e. The van der Waals surface area contributed by atoms with E-state index in [1.807, 2.05) is 0 Å². The summed E-state index contributed by atoms with van der Waals surface area (Å²) in [5, 5.41) is 8.81. The second kappa shape index (κ2) is 6.86. The molecule has 0 bridgehead atoms. The third-order valence-corrected chi connectivity index (χ3v) is 2.82. The first kappa shape index (κ1) is 14.3. The van der Waals surface area contributed by atoms with Gasteiger partial charge in [0.1, 0.15) is 12.4 Å². The van der Waals surface area contributed by atoms with Crippen LogP contribution in [0.25, 0.3) is 0 Å². The van der Waals surface area contributed by atoms with Gasteiger partial charge in [-0.2, -0.15) is 0 Å². The second-order valence-corrected chi connectivity index (χ2v) is 3.93. The van der Waals surface area contributed by atoms with Crippen LogP contribution in [0.1, 0.15) is 24.2 Å². The number of aromatic carboxylic acids is 1. The van der Waals surface area contributed by atoms with Gasteiger partial charge in [-0.15, -0.1) is 0 Å². The van der Waals surface area contributed by atoms with Gasteiger partial charge in [0, 0.05) is 6.54 Å². The van der Waals surface area contributed by atoms with E-state index in [2.05, 4.69) is 18.7 Å². The van der Waals surface area contributed by atoms with Crippen LogP contribution in [0.4, 0.5) is 5.69 Å². The lowest BCUT2D eigenvalue weighted by atomic mass is 10.2. The van der Waals surface area contributed by atoms with E-state index in [1.54, 1.807) is 6.07 Å². The Kier molecular flexibility index (Phi) is 5.45. The Morgan fingerprint density at radius 3 is 2.56 bits per heavy atom. The SMILES string of the molecule is CCN(CC)CCOc1ccc(C(=O)O)cc1N. The summed E-state index contributed by atoms with van der Waals surface area (Å²) >= 11 is 0. The molecule has 0 saturated carbocycles. The zero-order chi connectivity index (χ0) is 13.5. The molecule has 18 heavy (non-hydrogen) atoms. The van der Waals surface area contributed by atoms with Crippen molar-refractivity contribution < 1.29 is 14.6 Å². The van der Waals surface area contributed by atoms with Gasteiger partial charge >= 0.3 is 5.97 Å². The summed E-state index contributed by atoms with van der Waals surface area (Å²) in [6, 6.07) is 4.50. The quantitative estimate of drug-likeness (QED) is 0.722. The molecular weight excluding hydrogens is 232 g/mol. The largest absolute Gasteiger partial charge is 0.490 e. The molecule has 0 spiro atoms. The van der Waals surface area contributed by atoms with Crippen LogP contribution in [0, 0.1) is 0 Å². The van der Waals surface area contributed by atoms with Crippen LogP contribution >= 0.6 is 0 Å². The number of carbonyl (C=O) groups is 1. The average Bonchev–Trinajstić information content (AvgIpc) is 2.36. The predicted molar refractivity (Wildman–Crippen MR) is 71.1 cm³/mol. The number of hydrogen-bond donors (Lipinski definition) is 2. The van der Waals surface area contributed by atoms with E-state index >= 15 is 0 Å². The number of rotatable bonds is 7. The lowest BCUT2D eigenvalue weighted by Gasteiger charge is -2.18. The van der Waals surface area contributed by atoms with Crippen molar-refractivity contribution in [2.24, 2.45) is 0 Å². The highest BCUT2D eigenvalue weighted by atomic mass is 16.5. The molecule has 3 N–H and O–H groups in total. The van der Waals surface area contributed by atoms with Crippen molar-refractivity contribution in [1.82, 2.24) is 4.90 Å². The van der Waals surface area contributed by atoms with E-state index in [4.69, 9.17) is 15.6 Å². The predicted octanol–water partition coefficient (Wildman–Crippen LogP) is 1.69. The molecule has 100 valence electrons. The lowest BCUT2D eigenvalue weighted by Crippen LogP contribution is -2.28. The molecule has 0 aliphatic rings. The summed E-state index contributed by atoms with van der Waals surface area (Å²) in [4.78, 5) is 13.0. The summed E-state index contributed by atoms with van der Waals surface area (Å²) in [6.07, 6.45) is 0. The van der Waals surface area contributed by atoms with E-state index < -0.39 is 5.97 Å². The molecule has 5 nitrogen and oxygen atoms in total. The monoisotopic (exact) mass is 252 g/mol. The highest BCUT2D eigenvalue weighted by molar-refractivity contribution is 5.89. The second-order valence-electron chi connectivity index (χ2n) is 3.93. The fourth-order valence-corrected chi connectivity index (χ4v) is 1.64. The topological polar surface area (TPSA) is 75.8 Å². The Hall–Kier alpha value is -1.75. The smallest absolute Gasteiger partial charge is 0.335 e. The summed E-state index contributed by atoms with van der Waals surface area (Å²) < 4.78 is 5.55. The van der Waals surface area contributed by atoms with Gasteiger partial charge in [-0.25, -0.2) is 4.79 Å². The van der Waals surface area contributed by atoms with Crippen LogP contribution in [-0.2, 0) is 0 Å². The van der Waals surface area contributed by atoms with Gasteiger partial charge < -0.3 is 20.5 Å². The van der Waals surface area contributed by atoms with Crippen molar-refractivity contribution in [3.05, 3.63) is 23.8 Å². The minimum Gasteiger partial charge on any atom is -0.490 e. The van der Waals surface area contributed by atoms with Crippen LogP contribution in [-0.4, -0.2) is 42.2 Å². The highest BCUT2D eigenvalue weighted by Crippen LogP contribution is 2.22. The van der Waals surface area contributed by atoms with Crippen molar-refractivity contribution >= 4 is 11.7 Å². The van der Waals surface area contributed by atoms with Crippen molar-refractivity contribution in [3.63, 3.8) is 0 Å². The number of carboxylic acid groups (broad SMARTS) is 1. The standard InChI is InChI=1S/C13H20N2O3/c1-3-15(4-2)7-8-18-12-6-5-10(13(16)17)9-11(12)14/h5-6,9H,3-4,7-8,14H2,1-2H3,(H,16,17). The molecule has 0 radical (unpaired) electrons. The third-order valence-electron chi connectivity index (χ3n) is 2.82. The summed E-state index contributed by atoms with van der Waals surface area (Å²) in [5.74, 6) is -0.455. The number of likely N-dealkylation sites (N-methyl/N-ethyl adjacent to an activating group) is 1. The highest BCUT2D eigenvalue weighted by Gasteiger charge is 2.07. The minimum absolute atomic E-state index is 0.170. The Morgan fingerprint density at radius 2 is 2.06 bits per heavy atom. The first-order chi connectivity index (χ1) is 8.58. The third kappa shape index (κ3) is 3.92. The molecular formula is C13H20N2O3. The molecule has 0 atom stereocenters. The van der Waals surface area contributed by atoms with Crippen molar-refractivity contribution in [2.45, 2.75) is 13.8 Å². The molecule has 5 heteroatoms. The van der Waals surface area contributed by atoms with Crippen LogP contribution in [0.15, 0.2) is 18.2 Å². The summed E-state index contributed by atoms with van der Waals surface area (Å²) in [5.41, 5.74) is 6.27. The van der Waals surface area contributed by atoms with Gasteiger partial charge in [-0.1, -0.05) is 13.8 Å². The summed E-state index contributed by atoms with van der Waals surface area (Å²) in [7, 11) is 0. The first-order valence-corrected chi connectivity index (χ1v) is 6.06. The zero-order valence-electron chi connectivity index (χ0n) is 10.8. The Bertz CT molecular complexity index is 403. The maximum absolute atomic E-state index is 10.7. The maximum atomic E-state index is 10.7. The molecule has 0 aliphatic heterocycles. The first-order valence-electron chi connectivity index (χ1n) is 6.06. The number of hydrogen-bond acceptors (Lipinski definition) is 4. The molecule has 0 saturated heterocycles. The average molecular weight is 252 g/mol. The number of anilines is 1. The molecule has 0 aromatic heterocycles. The Balaban J connectivity index is 2.55. The number of nitrogens with two attached hydrogens (primary N) is 1. The molecule has 0 aliphatic carbocycles. The molecule has 0 unspecified atom stereocenters. The Labute approximate surface area is 107 Å². The fraction of sp³-hybridized carbons (Fsp3) is 0.462. The fourth-order valence-electron chi connectivity index (χ4n) is 1.64. The molecule has 1 aromatic rings. The van der Waals surface area contributed by atoms with Gasteiger partial charge in [-0.3, -0.25) is 0 Å². The number of nitrogen functional groups attached to an aromatic ring is 1. The van der Waals surface area contributed by atoms with Gasteiger partial charge in [0.2, 0.25) is 0 Å². The van der Waals surface area contributed by atoms with E-state index in [1.165, 1.54) is 12.1 Å². The van der Waals surface area contributed by atoms with Crippen molar-refractivity contribution in [1.29, 1.82) is 0 Å². The van der Waals surface area contributed by atoms with E-state index in [0.29, 0.717) is 18.0 Å². The Morgan fingerprint density at radius 1 is 1.39 bits per heavy atom. The van der Waals surface area contributed by atoms with E-state index in [-0.39, 0.29) is 5.56 Å². The van der Waals surface area contributed by atoms with E-state index in [9.17, 15) is 4.79 Å².